The fraction of sp³-hybridized carbons (Fsp3) is 0.200. The highest BCUT2D eigenvalue weighted by Crippen LogP contribution is 2.32. The van der Waals surface area contributed by atoms with Crippen LogP contribution in [0.2, 0.25) is 0 Å². The first-order valence-electron chi connectivity index (χ1n) is 12.8. The smallest absolute Gasteiger partial charge is 0.282 e. The van der Waals surface area contributed by atoms with Gasteiger partial charge in [0.15, 0.2) is 12.4 Å². The molecule has 6 rings (SSSR count). The molecule has 202 valence electrons. The van der Waals surface area contributed by atoms with E-state index < -0.39 is 0 Å². The Labute approximate surface area is 229 Å². The highest BCUT2D eigenvalue weighted by molar-refractivity contribution is 5.88. The number of methoxy groups -OCH3 is 1. The third-order valence-electron chi connectivity index (χ3n) is 6.64. The summed E-state index contributed by atoms with van der Waals surface area (Å²) in [6.07, 6.45) is 1.56. The molecule has 0 radical (unpaired) electrons. The molecule has 10 nitrogen and oxygen atoms in total. The van der Waals surface area contributed by atoms with E-state index in [1.807, 2.05) is 24.3 Å². The molecule has 0 saturated carbocycles. The summed E-state index contributed by atoms with van der Waals surface area (Å²) in [5.41, 5.74) is 1.54. The second-order valence-corrected chi connectivity index (χ2v) is 9.15. The number of furan rings is 1. The third-order valence-corrected chi connectivity index (χ3v) is 6.64. The summed E-state index contributed by atoms with van der Waals surface area (Å²) >= 11 is 0. The number of rotatable bonds is 7. The second-order valence-electron chi connectivity index (χ2n) is 9.15. The largest absolute Gasteiger partial charge is 0.496 e. The van der Waals surface area contributed by atoms with Gasteiger partial charge in [-0.1, -0.05) is 18.2 Å². The molecule has 1 amide bonds. The summed E-state index contributed by atoms with van der Waals surface area (Å²) in [6, 6.07) is 21.5. The number of benzene rings is 3. The number of morpholine rings is 1. The number of aromatic nitrogens is 2. The molecule has 0 atom stereocenters. The number of amides is 1. The Bertz CT molecular complexity index is 1770. The van der Waals surface area contributed by atoms with Crippen molar-refractivity contribution in [3.8, 4) is 23.1 Å². The Morgan fingerprint density at radius 3 is 2.62 bits per heavy atom. The lowest BCUT2D eigenvalue weighted by atomic mass is 10.2. The van der Waals surface area contributed by atoms with Gasteiger partial charge < -0.3 is 23.5 Å². The zero-order chi connectivity index (χ0) is 27.5. The van der Waals surface area contributed by atoms with Gasteiger partial charge in [0.2, 0.25) is 5.82 Å². The summed E-state index contributed by atoms with van der Waals surface area (Å²) in [5.74, 6) is 1.78. The first-order valence-corrected chi connectivity index (χ1v) is 12.8. The van der Waals surface area contributed by atoms with Gasteiger partial charge in [-0.3, -0.25) is 9.59 Å². The van der Waals surface area contributed by atoms with Crippen LogP contribution in [0.5, 0.6) is 11.5 Å². The minimum atomic E-state index is -0.328. The van der Waals surface area contributed by atoms with E-state index in [4.69, 9.17) is 23.6 Å². The van der Waals surface area contributed by atoms with Gasteiger partial charge in [-0.15, -0.1) is 0 Å². The molecule has 1 aliphatic heterocycles. The van der Waals surface area contributed by atoms with E-state index in [1.54, 1.807) is 66.8 Å². The molecule has 10 heteroatoms. The van der Waals surface area contributed by atoms with Gasteiger partial charge in [0.1, 0.15) is 17.1 Å². The van der Waals surface area contributed by atoms with E-state index in [1.165, 1.54) is 4.68 Å². The van der Waals surface area contributed by atoms with Crippen molar-refractivity contribution in [3.63, 3.8) is 0 Å². The molecule has 1 aliphatic rings. The fourth-order valence-electron chi connectivity index (χ4n) is 4.54. The Hall–Kier alpha value is -4.96. The molecule has 1 fully saturated rings. The van der Waals surface area contributed by atoms with Crippen molar-refractivity contribution in [2.75, 3.05) is 40.0 Å². The topological polar surface area (TPSA) is 108 Å². The SMILES string of the molecule is COc1cccc2oc(-c3nc4ccccc4c(=O)n3N=Cc3ccc(OCC(=O)N4CCOCC4)cc3)cc12. The van der Waals surface area contributed by atoms with Gasteiger partial charge >= 0.3 is 0 Å². The minimum Gasteiger partial charge on any atom is -0.496 e. The first kappa shape index (κ1) is 25.3. The molecule has 0 bridgehead atoms. The van der Waals surface area contributed by atoms with Crippen molar-refractivity contribution < 1.29 is 23.4 Å². The van der Waals surface area contributed by atoms with E-state index in [2.05, 4.69) is 5.10 Å². The Morgan fingerprint density at radius 2 is 1.82 bits per heavy atom. The predicted octanol–water partition coefficient (Wildman–Crippen LogP) is 3.94. The molecule has 0 unspecified atom stereocenters. The zero-order valence-corrected chi connectivity index (χ0v) is 21.8. The summed E-state index contributed by atoms with van der Waals surface area (Å²) in [5, 5.41) is 5.69. The van der Waals surface area contributed by atoms with Crippen molar-refractivity contribution in [2.24, 2.45) is 5.10 Å². The highest BCUT2D eigenvalue weighted by atomic mass is 16.5. The maximum absolute atomic E-state index is 13.5. The van der Waals surface area contributed by atoms with Gasteiger partial charge in [-0.25, -0.2) is 4.98 Å². The third kappa shape index (κ3) is 5.04. The molecule has 5 aromatic rings. The normalized spacial score (nSPS) is 13.8. The number of para-hydroxylation sites is 1. The molecule has 40 heavy (non-hydrogen) atoms. The van der Waals surface area contributed by atoms with Crippen molar-refractivity contribution in [1.82, 2.24) is 14.6 Å². The fourth-order valence-corrected chi connectivity index (χ4v) is 4.54. The number of nitrogens with zero attached hydrogens (tertiary/aromatic N) is 4. The average Bonchev–Trinajstić information content (AvgIpc) is 3.45. The first-order chi connectivity index (χ1) is 19.6. The van der Waals surface area contributed by atoms with Gasteiger partial charge in [0.25, 0.3) is 11.5 Å². The molecule has 1 saturated heterocycles. The molecule has 0 N–H and O–H groups in total. The van der Waals surface area contributed by atoms with Crippen LogP contribution in [0.3, 0.4) is 0 Å². The number of carbonyl (C=O) groups excluding carboxylic acids is 1. The monoisotopic (exact) mass is 538 g/mol. The van der Waals surface area contributed by atoms with E-state index in [9.17, 15) is 9.59 Å². The summed E-state index contributed by atoms with van der Waals surface area (Å²) < 4.78 is 23.7. The Kier molecular flexibility index (Phi) is 6.98. The van der Waals surface area contributed by atoms with Crippen LogP contribution in [-0.4, -0.2) is 66.7 Å². The van der Waals surface area contributed by atoms with Crippen LogP contribution in [-0.2, 0) is 9.53 Å². The standard InChI is InChI=1S/C30H26N4O6/c1-37-25-7-4-8-26-23(25)17-27(40-26)29-32-24-6-3-2-5-22(24)30(36)34(29)31-18-20-9-11-21(12-10-20)39-19-28(35)33-13-15-38-16-14-33/h2-12,17-18H,13-16,19H2,1H3. The lowest BCUT2D eigenvalue weighted by Crippen LogP contribution is -2.42. The zero-order valence-electron chi connectivity index (χ0n) is 21.8. The second kappa shape index (κ2) is 11.0. The van der Waals surface area contributed by atoms with Crippen LogP contribution < -0.4 is 15.0 Å². The number of carbonyl (C=O) groups is 1. The molecular formula is C30H26N4O6. The number of fused-ring (bicyclic) bond motifs is 2. The van der Waals surface area contributed by atoms with Crippen molar-refractivity contribution in [3.05, 3.63) is 88.7 Å². The Morgan fingerprint density at radius 1 is 1.02 bits per heavy atom. The van der Waals surface area contributed by atoms with E-state index in [-0.39, 0.29) is 23.9 Å². The van der Waals surface area contributed by atoms with E-state index >= 15 is 0 Å². The predicted molar refractivity (Wildman–Crippen MR) is 150 cm³/mol. The lowest BCUT2D eigenvalue weighted by Gasteiger charge is -2.26. The van der Waals surface area contributed by atoms with Crippen LogP contribution >= 0.6 is 0 Å². The van der Waals surface area contributed by atoms with E-state index in [0.29, 0.717) is 60.0 Å². The molecular weight excluding hydrogens is 512 g/mol. The van der Waals surface area contributed by atoms with Gasteiger partial charge in [-0.05, 0) is 60.2 Å². The van der Waals surface area contributed by atoms with Crippen molar-refractivity contribution >= 4 is 34.0 Å². The van der Waals surface area contributed by atoms with Gasteiger partial charge in [-0.2, -0.15) is 9.78 Å². The van der Waals surface area contributed by atoms with Crippen LogP contribution in [0.4, 0.5) is 0 Å². The van der Waals surface area contributed by atoms with Crippen molar-refractivity contribution in [1.29, 1.82) is 0 Å². The van der Waals surface area contributed by atoms with Crippen LogP contribution in [0.15, 0.2) is 87.1 Å². The number of hydrogen-bond donors (Lipinski definition) is 0. The minimum absolute atomic E-state index is 0.0444. The molecule has 0 aliphatic carbocycles. The molecule has 0 spiro atoms. The maximum atomic E-state index is 13.5. The Balaban J connectivity index is 1.29. The average molecular weight is 539 g/mol. The molecule has 2 aromatic heterocycles. The van der Waals surface area contributed by atoms with Gasteiger partial charge in [0.05, 0.1) is 42.8 Å². The molecule has 3 heterocycles. The number of ether oxygens (including phenoxy) is 3. The van der Waals surface area contributed by atoms with Crippen LogP contribution in [0.1, 0.15) is 5.56 Å². The highest BCUT2D eigenvalue weighted by Gasteiger charge is 2.19. The summed E-state index contributed by atoms with van der Waals surface area (Å²) in [6.45, 7) is 2.19. The van der Waals surface area contributed by atoms with Crippen LogP contribution in [0.25, 0.3) is 33.5 Å². The summed E-state index contributed by atoms with van der Waals surface area (Å²) in [4.78, 5) is 32.3. The van der Waals surface area contributed by atoms with E-state index in [0.717, 1.165) is 10.9 Å². The van der Waals surface area contributed by atoms with Crippen LogP contribution in [0, 0.1) is 0 Å². The molecule has 3 aromatic carbocycles. The van der Waals surface area contributed by atoms with Crippen molar-refractivity contribution in [2.45, 2.75) is 0 Å². The summed E-state index contributed by atoms with van der Waals surface area (Å²) in [7, 11) is 1.59. The van der Waals surface area contributed by atoms with Gasteiger partial charge in [0, 0.05) is 13.1 Å². The lowest BCUT2D eigenvalue weighted by molar-refractivity contribution is -0.137. The quantitative estimate of drug-likeness (QED) is 0.289. The maximum Gasteiger partial charge on any atom is 0.282 e. The number of hydrogen-bond acceptors (Lipinski definition) is 8.